The van der Waals surface area contributed by atoms with Gasteiger partial charge < -0.3 is 9.72 Å². The third-order valence-electron chi connectivity index (χ3n) is 2.80. The van der Waals surface area contributed by atoms with Crippen molar-refractivity contribution in [2.75, 3.05) is 12.0 Å². The fourth-order valence-electron chi connectivity index (χ4n) is 1.75. The standard InChI is InChI=1S/C13H19N3S/c1-11(6-8-17-2)14-9-12-10-16-7-4-3-5-13(16)15-12/h3-5,7,10-11,14H,6,8-9H2,1-2H3. The van der Waals surface area contributed by atoms with Gasteiger partial charge >= 0.3 is 0 Å². The van der Waals surface area contributed by atoms with Crippen LogP contribution in [0.1, 0.15) is 19.0 Å². The zero-order valence-electron chi connectivity index (χ0n) is 10.4. The van der Waals surface area contributed by atoms with Crippen LogP contribution in [0.2, 0.25) is 0 Å². The average Bonchev–Trinajstić information content (AvgIpc) is 2.76. The lowest BCUT2D eigenvalue weighted by Gasteiger charge is -2.11. The Labute approximate surface area is 107 Å². The molecule has 2 rings (SSSR count). The molecule has 0 radical (unpaired) electrons. The van der Waals surface area contributed by atoms with Gasteiger partial charge in [-0.2, -0.15) is 11.8 Å². The van der Waals surface area contributed by atoms with Gasteiger partial charge in [0.25, 0.3) is 0 Å². The molecule has 2 heterocycles. The summed E-state index contributed by atoms with van der Waals surface area (Å²) in [5, 5.41) is 3.51. The van der Waals surface area contributed by atoms with Crippen molar-refractivity contribution in [3.8, 4) is 0 Å². The lowest BCUT2D eigenvalue weighted by molar-refractivity contribution is 0.533. The molecule has 92 valence electrons. The second kappa shape index (κ2) is 6.07. The summed E-state index contributed by atoms with van der Waals surface area (Å²) < 4.78 is 2.06. The summed E-state index contributed by atoms with van der Waals surface area (Å²) in [6, 6.07) is 6.61. The summed E-state index contributed by atoms with van der Waals surface area (Å²) >= 11 is 1.90. The van der Waals surface area contributed by atoms with E-state index in [1.807, 2.05) is 36.2 Å². The van der Waals surface area contributed by atoms with Crippen molar-refractivity contribution in [1.82, 2.24) is 14.7 Å². The van der Waals surface area contributed by atoms with E-state index in [4.69, 9.17) is 0 Å². The first-order chi connectivity index (χ1) is 8.29. The van der Waals surface area contributed by atoms with Crippen molar-refractivity contribution in [3.05, 3.63) is 36.3 Å². The Morgan fingerprint density at radius 3 is 3.12 bits per heavy atom. The highest BCUT2D eigenvalue weighted by atomic mass is 32.2. The Morgan fingerprint density at radius 2 is 2.35 bits per heavy atom. The normalized spacial score (nSPS) is 13.1. The van der Waals surface area contributed by atoms with Crippen LogP contribution < -0.4 is 5.32 Å². The lowest BCUT2D eigenvalue weighted by atomic mass is 10.2. The van der Waals surface area contributed by atoms with Crippen LogP contribution in [0.5, 0.6) is 0 Å². The topological polar surface area (TPSA) is 29.3 Å². The Balaban J connectivity index is 1.90. The van der Waals surface area contributed by atoms with Gasteiger partial charge in [-0.05, 0) is 37.5 Å². The zero-order chi connectivity index (χ0) is 12.1. The van der Waals surface area contributed by atoms with Gasteiger partial charge in [-0.3, -0.25) is 0 Å². The molecule has 0 aliphatic heterocycles. The van der Waals surface area contributed by atoms with Crippen molar-refractivity contribution >= 4 is 17.4 Å². The van der Waals surface area contributed by atoms with Gasteiger partial charge in [0.1, 0.15) is 5.65 Å². The van der Waals surface area contributed by atoms with Crippen molar-refractivity contribution in [2.24, 2.45) is 0 Å². The number of hydrogen-bond acceptors (Lipinski definition) is 3. The molecule has 2 aromatic heterocycles. The molecule has 2 aromatic rings. The number of fused-ring (bicyclic) bond motifs is 1. The van der Waals surface area contributed by atoms with Crippen LogP contribution >= 0.6 is 11.8 Å². The highest BCUT2D eigenvalue weighted by Crippen LogP contribution is 2.05. The van der Waals surface area contributed by atoms with Gasteiger partial charge in [-0.25, -0.2) is 4.98 Å². The van der Waals surface area contributed by atoms with Gasteiger partial charge in [-0.15, -0.1) is 0 Å². The zero-order valence-corrected chi connectivity index (χ0v) is 11.2. The molecule has 0 fully saturated rings. The van der Waals surface area contributed by atoms with E-state index in [0.717, 1.165) is 17.9 Å². The molecule has 0 bridgehead atoms. The molecule has 0 aromatic carbocycles. The Bertz CT molecular complexity index is 433. The van der Waals surface area contributed by atoms with Crippen LogP contribution in [0.4, 0.5) is 0 Å². The maximum absolute atomic E-state index is 4.56. The van der Waals surface area contributed by atoms with E-state index in [-0.39, 0.29) is 0 Å². The number of nitrogens with one attached hydrogen (secondary N) is 1. The van der Waals surface area contributed by atoms with Gasteiger partial charge in [0.2, 0.25) is 0 Å². The van der Waals surface area contributed by atoms with Crippen LogP contribution in [0.15, 0.2) is 30.6 Å². The summed E-state index contributed by atoms with van der Waals surface area (Å²) in [6.45, 7) is 3.07. The molecule has 1 N–H and O–H groups in total. The molecule has 0 amide bonds. The number of aromatic nitrogens is 2. The second-order valence-corrected chi connectivity index (χ2v) is 5.25. The van der Waals surface area contributed by atoms with Gasteiger partial charge in [0, 0.05) is 25.0 Å². The molecule has 0 aliphatic carbocycles. The first-order valence-corrected chi connectivity index (χ1v) is 7.34. The van der Waals surface area contributed by atoms with E-state index in [9.17, 15) is 0 Å². The Kier molecular flexibility index (Phi) is 4.45. The van der Waals surface area contributed by atoms with Crippen LogP contribution in [0.25, 0.3) is 5.65 Å². The predicted molar refractivity (Wildman–Crippen MR) is 74.5 cm³/mol. The average molecular weight is 249 g/mol. The second-order valence-electron chi connectivity index (χ2n) is 4.26. The number of thioether (sulfide) groups is 1. The van der Waals surface area contributed by atoms with Crippen LogP contribution in [-0.4, -0.2) is 27.4 Å². The minimum absolute atomic E-state index is 0.548. The predicted octanol–water partition coefficient (Wildman–Crippen LogP) is 2.57. The third kappa shape index (κ3) is 3.48. The molecule has 0 saturated carbocycles. The minimum Gasteiger partial charge on any atom is -0.309 e. The summed E-state index contributed by atoms with van der Waals surface area (Å²) in [4.78, 5) is 4.56. The maximum atomic E-state index is 4.56. The summed E-state index contributed by atoms with van der Waals surface area (Å²) in [5.74, 6) is 1.21. The molecule has 1 unspecified atom stereocenters. The molecule has 1 atom stereocenters. The lowest BCUT2D eigenvalue weighted by Crippen LogP contribution is -2.26. The first-order valence-electron chi connectivity index (χ1n) is 5.94. The number of nitrogens with zero attached hydrogens (tertiary/aromatic N) is 2. The minimum atomic E-state index is 0.548. The summed E-state index contributed by atoms with van der Waals surface area (Å²) in [7, 11) is 0. The Hall–Kier alpha value is -1.00. The number of pyridine rings is 1. The fourth-order valence-corrected chi connectivity index (χ4v) is 2.34. The van der Waals surface area contributed by atoms with Crippen LogP contribution in [0.3, 0.4) is 0 Å². The van der Waals surface area contributed by atoms with E-state index >= 15 is 0 Å². The molecule has 0 saturated heterocycles. The quantitative estimate of drug-likeness (QED) is 0.853. The van der Waals surface area contributed by atoms with Crippen molar-refractivity contribution in [3.63, 3.8) is 0 Å². The largest absolute Gasteiger partial charge is 0.309 e. The van der Waals surface area contributed by atoms with Gasteiger partial charge in [-0.1, -0.05) is 6.07 Å². The fraction of sp³-hybridized carbons (Fsp3) is 0.462. The Morgan fingerprint density at radius 1 is 1.47 bits per heavy atom. The smallest absolute Gasteiger partial charge is 0.137 e. The van der Waals surface area contributed by atoms with Gasteiger partial charge in [0.15, 0.2) is 0 Å². The van der Waals surface area contributed by atoms with Gasteiger partial charge in [0.05, 0.1) is 5.69 Å². The third-order valence-corrected chi connectivity index (χ3v) is 3.44. The van der Waals surface area contributed by atoms with E-state index in [1.54, 1.807) is 0 Å². The van der Waals surface area contributed by atoms with Crippen LogP contribution in [-0.2, 0) is 6.54 Å². The number of hydrogen-bond donors (Lipinski definition) is 1. The number of imidazole rings is 1. The van der Waals surface area contributed by atoms with E-state index in [1.165, 1.54) is 12.2 Å². The SMILES string of the molecule is CSCCC(C)NCc1cn2ccccc2n1. The van der Waals surface area contributed by atoms with E-state index in [2.05, 4.69) is 34.1 Å². The van der Waals surface area contributed by atoms with E-state index < -0.39 is 0 Å². The summed E-state index contributed by atoms with van der Waals surface area (Å²) in [5.41, 5.74) is 2.12. The highest BCUT2D eigenvalue weighted by Gasteiger charge is 2.04. The number of rotatable bonds is 6. The molecule has 17 heavy (non-hydrogen) atoms. The molecule has 4 heteroatoms. The monoisotopic (exact) mass is 249 g/mol. The maximum Gasteiger partial charge on any atom is 0.137 e. The first kappa shape index (κ1) is 12.5. The van der Waals surface area contributed by atoms with Crippen LogP contribution in [0, 0.1) is 0 Å². The van der Waals surface area contributed by atoms with Crippen molar-refractivity contribution < 1.29 is 0 Å². The van der Waals surface area contributed by atoms with E-state index in [0.29, 0.717) is 6.04 Å². The molecular formula is C13H19N3S. The molecule has 3 nitrogen and oxygen atoms in total. The molecule has 0 spiro atoms. The molecular weight excluding hydrogens is 230 g/mol. The van der Waals surface area contributed by atoms with Crippen molar-refractivity contribution in [1.29, 1.82) is 0 Å². The summed E-state index contributed by atoms with van der Waals surface area (Å²) in [6.07, 6.45) is 7.47. The molecule has 0 aliphatic rings. The highest BCUT2D eigenvalue weighted by molar-refractivity contribution is 7.98. The van der Waals surface area contributed by atoms with Crippen molar-refractivity contribution in [2.45, 2.75) is 25.9 Å².